The first-order valence-corrected chi connectivity index (χ1v) is 5.04. The zero-order chi connectivity index (χ0) is 9.97. The molecule has 2 nitrogen and oxygen atoms in total. The largest absolute Gasteiger partial charge is 0.268 e. The van der Waals surface area contributed by atoms with Crippen LogP contribution in [0.5, 0.6) is 0 Å². The van der Waals surface area contributed by atoms with Crippen molar-refractivity contribution in [2.45, 2.75) is 25.3 Å². The van der Waals surface area contributed by atoms with Crippen LogP contribution in [0.25, 0.3) is 0 Å². The Balaban J connectivity index is 2.16. The van der Waals surface area contributed by atoms with Crippen LogP contribution in [0.15, 0.2) is 24.3 Å². The van der Waals surface area contributed by atoms with Crippen LogP contribution in [0, 0.1) is 5.82 Å². The third-order valence-corrected chi connectivity index (χ3v) is 2.80. The van der Waals surface area contributed by atoms with Crippen molar-refractivity contribution >= 4 is 0 Å². The molecule has 1 aliphatic rings. The third kappa shape index (κ3) is 1.94. The molecule has 0 amide bonds. The summed E-state index contributed by atoms with van der Waals surface area (Å²) in [5.74, 6) is 5.70. The predicted molar refractivity (Wildman–Crippen MR) is 53.9 cm³/mol. The molecule has 0 aromatic heterocycles. The lowest BCUT2D eigenvalue weighted by atomic mass is 9.97. The Morgan fingerprint density at radius 3 is 2.57 bits per heavy atom. The predicted octanol–water partition coefficient (Wildman–Crippen LogP) is 2.23. The standard InChI is InChI=1S/C11H15FN2/c12-10-6-4-9(5-7-10)11-3-1-2-8-14(11)13/h4-7,11H,1-3,8,13H2. The number of piperidine rings is 1. The summed E-state index contributed by atoms with van der Waals surface area (Å²) in [6, 6.07) is 6.91. The first-order chi connectivity index (χ1) is 6.77. The van der Waals surface area contributed by atoms with E-state index in [9.17, 15) is 4.39 Å². The molecule has 2 N–H and O–H groups in total. The molecule has 0 aliphatic carbocycles. The lowest BCUT2D eigenvalue weighted by molar-refractivity contribution is 0.151. The number of benzene rings is 1. The average Bonchev–Trinajstić information content (AvgIpc) is 2.20. The van der Waals surface area contributed by atoms with Gasteiger partial charge in [0.2, 0.25) is 0 Å². The summed E-state index contributed by atoms with van der Waals surface area (Å²) in [6.07, 6.45) is 3.44. The Morgan fingerprint density at radius 1 is 1.21 bits per heavy atom. The lowest BCUT2D eigenvalue weighted by Crippen LogP contribution is -2.38. The summed E-state index contributed by atoms with van der Waals surface area (Å²) in [5, 5.41) is 1.86. The van der Waals surface area contributed by atoms with Crippen LogP contribution < -0.4 is 5.84 Å². The molecule has 1 saturated heterocycles. The molecule has 1 atom stereocenters. The first-order valence-electron chi connectivity index (χ1n) is 5.04. The molecule has 1 aromatic rings. The highest BCUT2D eigenvalue weighted by atomic mass is 19.1. The SMILES string of the molecule is NN1CCCCC1c1ccc(F)cc1. The molecular formula is C11H15FN2. The first kappa shape index (κ1) is 9.62. The zero-order valence-corrected chi connectivity index (χ0v) is 8.12. The van der Waals surface area contributed by atoms with Crippen molar-refractivity contribution in [2.75, 3.05) is 6.54 Å². The maximum absolute atomic E-state index is 12.7. The fourth-order valence-corrected chi connectivity index (χ4v) is 2.00. The molecule has 76 valence electrons. The smallest absolute Gasteiger partial charge is 0.123 e. The fraction of sp³-hybridized carbons (Fsp3) is 0.455. The molecular weight excluding hydrogens is 179 g/mol. The fourth-order valence-electron chi connectivity index (χ4n) is 2.00. The van der Waals surface area contributed by atoms with Crippen molar-refractivity contribution in [3.05, 3.63) is 35.6 Å². The van der Waals surface area contributed by atoms with Gasteiger partial charge in [0.1, 0.15) is 5.82 Å². The van der Waals surface area contributed by atoms with Gasteiger partial charge in [0.05, 0.1) is 0 Å². The number of nitrogens with zero attached hydrogens (tertiary/aromatic N) is 1. The van der Waals surface area contributed by atoms with Crippen LogP contribution in [-0.2, 0) is 0 Å². The van der Waals surface area contributed by atoms with Crippen molar-refractivity contribution in [3.63, 3.8) is 0 Å². The summed E-state index contributed by atoms with van der Waals surface area (Å²) in [4.78, 5) is 0. The van der Waals surface area contributed by atoms with Crippen molar-refractivity contribution in [2.24, 2.45) is 5.84 Å². The van der Waals surface area contributed by atoms with Gasteiger partial charge in [0.25, 0.3) is 0 Å². The minimum Gasteiger partial charge on any atom is -0.268 e. The van der Waals surface area contributed by atoms with Gasteiger partial charge in [0.15, 0.2) is 0 Å². The molecule has 0 saturated carbocycles. The van der Waals surface area contributed by atoms with Crippen molar-refractivity contribution in [3.8, 4) is 0 Å². The summed E-state index contributed by atoms with van der Waals surface area (Å²) < 4.78 is 12.7. The molecule has 0 bridgehead atoms. The highest BCUT2D eigenvalue weighted by Crippen LogP contribution is 2.28. The van der Waals surface area contributed by atoms with Gasteiger partial charge in [-0.25, -0.2) is 9.40 Å². The minimum absolute atomic E-state index is 0.187. The summed E-state index contributed by atoms with van der Waals surface area (Å²) in [7, 11) is 0. The summed E-state index contributed by atoms with van der Waals surface area (Å²) >= 11 is 0. The van der Waals surface area contributed by atoms with Gasteiger partial charge in [-0.15, -0.1) is 0 Å². The Hall–Kier alpha value is -0.930. The van der Waals surface area contributed by atoms with Gasteiger partial charge in [-0.1, -0.05) is 18.6 Å². The van der Waals surface area contributed by atoms with Crippen LogP contribution in [0.3, 0.4) is 0 Å². The van der Waals surface area contributed by atoms with Gasteiger partial charge in [-0.3, -0.25) is 5.84 Å². The monoisotopic (exact) mass is 194 g/mol. The van der Waals surface area contributed by atoms with Crippen LogP contribution in [0.2, 0.25) is 0 Å². The van der Waals surface area contributed by atoms with E-state index in [-0.39, 0.29) is 11.9 Å². The molecule has 1 fully saturated rings. The Labute approximate surface area is 83.5 Å². The van der Waals surface area contributed by atoms with E-state index in [1.165, 1.54) is 18.6 Å². The van der Waals surface area contributed by atoms with E-state index in [0.29, 0.717) is 0 Å². The summed E-state index contributed by atoms with van der Waals surface area (Å²) in [6.45, 7) is 0.933. The van der Waals surface area contributed by atoms with Gasteiger partial charge in [0, 0.05) is 12.6 Å². The number of hydrogen-bond donors (Lipinski definition) is 1. The van der Waals surface area contributed by atoms with E-state index in [1.54, 1.807) is 0 Å². The second-order valence-electron chi connectivity index (χ2n) is 3.80. The number of hydrazine groups is 1. The number of rotatable bonds is 1. The number of halogens is 1. The third-order valence-electron chi connectivity index (χ3n) is 2.80. The Kier molecular flexibility index (Phi) is 2.79. The average molecular weight is 194 g/mol. The topological polar surface area (TPSA) is 29.3 Å². The molecule has 0 spiro atoms. The molecule has 3 heteroatoms. The van der Waals surface area contributed by atoms with E-state index >= 15 is 0 Å². The lowest BCUT2D eigenvalue weighted by Gasteiger charge is -2.32. The number of hydrogen-bond acceptors (Lipinski definition) is 2. The Morgan fingerprint density at radius 2 is 1.93 bits per heavy atom. The van der Waals surface area contributed by atoms with Crippen molar-refractivity contribution in [1.29, 1.82) is 0 Å². The molecule has 1 aliphatic heterocycles. The van der Waals surface area contributed by atoms with Crippen molar-refractivity contribution in [1.82, 2.24) is 5.01 Å². The highest BCUT2D eigenvalue weighted by Gasteiger charge is 2.20. The molecule has 1 aromatic carbocycles. The van der Waals surface area contributed by atoms with E-state index in [4.69, 9.17) is 5.84 Å². The van der Waals surface area contributed by atoms with Gasteiger partial charge in [-0.05, 0) is 30.5 Å². The Bertz CT molecular complexity index is 297. The maximum atomic E-state index is 12.7. The van der Waals surface area contributed by atoms with Crippen LogP contribution in [0.4, 0.5) is 4.39 Å². The molecule has 1 unspecified atom stereocenters. The molecule has 2 rings (SSSR count). The second-order valence-corrected chi connectivity index (χ2v) is 3.80. The minimum atomic E-state index is -0.187. The van der Waals surface area contributed by atoms with Gasteiger partial charge < -0.3 is 0 Å². The quantitative estimate of drug-likeness (QED) is 0.694. The van der Waals surface area contributed by atoms with E-state index in [0.717, 1.165) is 24.9 Å². The van der Waals surface area contributed by atoms with E-state index in [2.05, 4.69) is 0 Å². The maximum Gasteiger partial charge on any atom is 0.123 e. The molecule has 14 heavy (non-hydrogen) atoms. The summed E-state index contributed by atoms with van der Waals surface area (Å²) in [5.41, 5.74) is 1.12. The second kappa shape index (κ2) is 4.07. The van der Waals surface area contributed by atoms with Crippen LogP contribution in [-0.4, -0.2) is 11.6 Å². The van der Waals surface area contributed by atoms with Crippen LogP contribution >= 0.6 is 0 Å². The molecule has 0 radical (unpaired) electrons. The molecule has 1 heterocycles. The zero-order valence-electron chi connectivity index (χ0n) is 8.12. The van der Waals surface area contributed by atoms with Gasteiger partial charge in [-0.2, -0.15) is 0 Å². The number of nitrogens with two attached hydrogens (primary N) is 1. The van der Waals surface area contributed by atoms with Crippen molar-refractivity contribution < 1.29 is 4.39 Å². The van der Waals surface area contributed by atoms with E-state index < -0.39 is 0 Å². The van der Waals surface area contributed by atoms with Crippen LogP contribution in [0.1, 0.15) is 30.9 Å². The normalized spacial score (nSPS) is 23.7. The van der Waals surface area contributed by atoms with Gasteiger partial charge >= 0.3 is 0 Å². The van der Waals surface area contributed by atoms with E-state index in [1.807, 2.05) is 17.1 Å². The highest BCUT2D eigenvalue weighted by molar-refractivity contribution is 5.20.